The molecule has 0 spiro atoms. The van der Waals surface area contributed by atoms with Gasteiger partial charge in [-0.3, -0.25) is 4.79 Å². The van der Waals surface area contributed by atoms with Gasteiger partial charge in [-0.2, -0.15) is 59.7 Å². The van der Waals surface area contributed by atoms with Crippen LogP contribution in [0.3, 0.4) is 0 Å². The second-order valence-corrected chi connectivity index (χ2v) is 16.8. The van der Waals surface area contributed by atoms with Crippen LogP contribution in [-0.4, -0.2) is 5.78 Å². The second-order valence-electron chi connectivity index (χ2n) is 4.07. The van der Waals surface area contributed by atoms with Crippen LogP contribution in [0.5, 0.6) is 0 Å². The quantitative estimate of drug-likeness (QED) is 0.163. The maximum atomic E-state index is 10.8. The van der Waals surface area contributed by atoms with Crippen molar-refractivity contribution in [2.45, 2.75) is 28.2 Å². The molecular formula is C19H25BrI2OVY2-4. The average molecular weight is 832 g/mol. The van der Waals surface area contributed by atoms with Gasteiger partial charge in [0.1, 0.15) is 5.78 Å². The summed E-state index contributed by atoms with van der Waals surface area (Å²) in [6, 6.07) is 17.3. The fourth-order valence-corrected chi connectivity index (χ4v) is 1.83. The van der Waals surface area contributed by atoms with Crippen molar-refractivity contribution in [2.24, 2.45) is 0 Å². The summed E-state index contributed by atoms with van der Waals surface area (Å²) >= 11 is 8.08. The molecule has 0 aliphatic rings. The maximum Gasteiger partial charge on any atom is 0 e. The Bertz CT molecular complexity index is 555. The molecule has 0 atom stereocenters. The summed E-state index contributed by atoms with van der Waals surface area (Å²) in [7, 11) is 0.628. The number of aryl methyl sites for hydroxylation is 2. The van der Waals surface area contributed by atoms with E-state index >= 15 is 0 Å². The summed E-state index contributed by atoms with van der Waals surface area (Å²) < 4.78 is 1.12. The standard InChI is InChI=1S/C9H9O.C7H6Br.CH4.2CH3.2HI.V.2Y/c1-7-4-3-5-9(6-7)8(2)10;1-6-3-2-4-7(8)5-6;;;;;;;;/h3,5-6H,1-2H3;2,4-5H,1H3;1H4;2*1H3;2*1H;;;/q2*-1;;2*-1;;;+2;;/p-2. The predicted octanol–water partition coefficient (Wildman–Crippen LogP) is 7.86. The molecule has 2 aromatic carbocycles. The minimum absolute atomic E-state index is 0. The summed E-state index contributed by atoms with van der Waals surface area (Å²) in [5, 5.41) is 0. The largest absolute Gasteiger partial charge is 0 e. The molecule has 0 unspecified atom stereocenters. The normalized spacial score (nSPS) is 7.00. The number of hydrogen-bond acceptors (Lipinski definition) is 1. The van der Waals surface area contributed by atoms with E-state index in [4.69, 9.17) is 0 Å². The number of benzene rings is 2. The van der Waals surface area contributed by atoms with E-state index < -0.39 is 0 Å². The van der Waals surface area contributed by atoms with Crippen LogP contribution in [0.2, 0.25) is 0 Å². The minimum atomic E-state index is 0. The van der Waals surface area contributed by atoms with Crippen molar-refractivity contribution in [3.8, 4) is 0 Å². The van der Waals surface area contributed by atoms with Crippen molar-refractivity contribution in [1.29, 1.82) is 0 Å². The first-order valence-corrected chi connectivity index (χ1v) is 15.8. The summed E-state index contributed by atoms with van der Waals surface area (Å²) in [4.78, 5) is 10.8. The Kier molecular flexibility index (Phi) is 45.9. The molecule has 26 heavy (non-hydrogen) atoms. The molecule has 0 aromatic heterocycles. The van der Waals surface area contributed by atoms with E-state index in [1.807, 2.05) is 38.1 Å². The third-order valence-electron chi connectivity index (χ3n) is 2.26. The van der Waals surface area contributed by atoms with Crippen molar-refractivity contribution < 1.29 is 79.7 Å². The number of carbonyl (C=O) groups excluding carboxylic acids is 1. The third-order valence-corrected chi connectivity index (χ3v) is 2.75. The molecular weight excluding hydrogens is 807 g/mol. The molecule has 2 radical (unpaired) electrons. The van der Waals surface area contributed by atoms with Gasteiger partial charge in [0.15, 0.2) is 0 Å². The number of rotatable bonds is 1. The van der Waals surface area contributed by atoms with Crippen LogP contribution >= 0.6 is 55.9 Å². The van der Waals surface area contributed by atoms with Gasteiger partial charge in [0.25, 0.3) is 0 Å². The molecule has 0 aliphatic heterocycles. The Morgan fingerprint density at radius 1 is 1.00 bits per heavy atom. The van der Waals surface area contributed by atoms with Crippen LogP contribution < -0.4 is 0 Å². The molecule has 7 heteroatoms. The van der Waals surface area contributed by atoms with Gasteiger partial charge >= 0.3 is 49.4 Å². The number of carbonyl (C=O) groups is 1. The topological polar surface area (TPSA) is 17.1 Å². The Morgan fingerprint density at radius 2 is 1.38 bits per heavy atom. The molecule has 0 heterocycles. The Balaban J connectivity index is -0.0000000578. The van der Waals surface area contributed by atoms with Crippen molar-refractivity contribution >= 4 is 61.7 Å². The van der Waals surface area contributed by atoms with Crippen LogP contribution in [-0.2, 0) is 74.9 Å². The number of halogens is 3. The van der Waals surface area contributed by atoms with Gasteiger partial charge in [-0.15, -0.1) is 0 Å². The molecule has 2 aromatic rings. The molecule has 1 nitrogen and oxygen atoms in total. The average Bonchev–Trinajstić information content (AvgIpc) is 2.40. The second kappa shape index (κ2) is 27.8. The van der Waals surface area contributed by atoms with E-state index in [0.29, 0.717) is 9.47 Å². The van der Waals surface area contributed by atoms with Crippen LogP contribution in [0.4, 0.5) is 0 Å². The first kappa shape index (κ1) is 42.9. The van der Waals surface area contributed by atoms with Gasteiger partial charge in [0.2, 0.25) is 0 Å². The van der Waals surface area contributed by atoms with Crippen LogP contribution in [0.1, 0.15) is 35.8 Å². The SMILES string of the molecule is C.CC(=O)c1cc[c-]c(C)c1.Cc1[c-]ccc(Br)c1.[CH3-].[CH3-].[I][V][I].[Y].[Y]. The van der Waals surface area contributed by atoms with E-state index in [-0.39, 0.29) is 93.5 Å². The zero-order valence-corrected chi connectivity index (χ0v) is 28.1. The van der Waals surface area contributed by atoms with E-state index in [1.165, 1.54) is 5.56 Å². The fourth-order valence-electron chi connectivity index (χ4n) is 1.35. The number of hydrogen-bond donors (Lipinski definition) is 0. The fraction of sp³-hybridized carbons (Fsp3) is 0.211. The van der Waals surface area contributed by atoms with Crippen LogP contribution in [0.15, 0.2) is 40.9 Å². The first-order chi connectivity index (χ1) is 9.90. The van der Waals surface area contributed by atoms with E-state index in [2.05, 4.69) is 68.0 Å². The number of Topliss-reactive ketones (excluding diaryl/α,β-unsaturated/α-hetero) is 1. The predicted molar refractivity (Wildman–Crippen MR) is 125 cm³/mol. The maximum absolute atomic E-state index is 10.8. The molecule has 0 bridgehead atoms. The van der Waals surface area contributed by atoms with Gasteiger partial charge in [-0.05, 0) is 6.92 Å². The molecule has 143 valence electrons. The summed E-state index contributed by atoms with van der Waals surface area (Å²) in [5.74, 6) is 0.108. The van der Waals surface area contributed by atoms with Crippen LogP contribution in [0.25, 0.3) is 0 Å². The monoisotopic (exact) mass is 831 g/mol. The van der Waals surface area contributed by atoms with E-state index in [0.717, 1.165) is 15.6 Å². The molecule has 0 saturated carbocycles. The zero-order chi connectivity index (χ0) is 16.3. The van der Waals surface area contributed by atoms with E-state index in [1.54, 1.807) is 19.1 Å². The Labute approximate surface area is 249 Å². The van der Waals surface area contributed by atoms with Gasteiger partial charge in [0, 0.05) is 65.4 Å². The molecule has 2 rings (SSSR count). The van der Waals surface area contributed by atoms with Crippen LogP contribution in [0, 0.1) is 40.8 Å². The first-order valence-electron chi connectivity index (χ1n) is 5.96. The molecule has 0 amide bonds. The summed E-state index contributed by atoms with van der Waals surface area (Å²) in [5.41, 5.74) is 2.93. The van der Waals surface area contributed by atoms with Gasteiger partial charge in [0.05, 0.1) is 0 Å². The Hall–Kier alpha value is 2.84. The van der Waals surface area contributed by atoms with Crippen molar-refractivity contribution in [3.05, 3.63) is 84.5 Å². The summed E-state index contributed by atoms with van der Waals surface area (Å²) in [6.07, 6.45) is 0. The minimum Gasteiger partial charge on any atom is 0 e. The number of ketones is 1. The molecule has 0 fully saturated rings. The Morgan fingerprint density at radius 3 is 1.62 bits per heavy atom. The zero-order valence-electron chi connectivity index (χ0n) is 15.1. The third kappa shape index (κ3) is 24.9. The van der Waals surface area contributed by atoms with Crippen molar-refractivity contribution in [3.63, 3.8) is 0 Å². The van der Waals surface area contributed by atoms with Crippen molar-refractivity contribution in [1.82, 2.24) is 0 Å². The van der Waals surface area contributed by atoms with Gasteiger partial charge in [-0.25, -0.2) is 0 Å². The smallest absolute Gasteiger partial charge is 0 e. The van der Waals surface area contributed by atoms with Gasteiger partial charge < -0.3 is 14.9 Å². The molecule has 0 aliphatic carbocycles. The van der Waals surface area contributed by atoms with E-state index in [9.17, 15) is 4.79 Å². The molecule has 0 N–H and O–H groups in total. The van der Waals surface area contributed by atoms with Crippen molar-refractivity contribution in [2.75, 3.05) is 0 Å². The van der Waals surface area contributed by atoms with Gasteiger partial charge in [-0.1, -0.05) is 47.2 Å². The summed E-state index contributed by atoms with van der Waals surface area (Å²) in [6.45, 7) is 5.51. The molecule has 0 saturated heterocycles.